The van der Waals surface area contributed by atoms with E-state index in [2.05, 4.69) is 15.4 Å². The van der Waals surface area contributed by atoms with Crippen LogP contribution in [-0.2, 0) is 16.0 Å². The summed E-state index contributed by atoms with van der Waals surface area (Å²) in [5, 5.41) is 21.7. The minimum atomic E-state index is -0.640. The van der Waals surface area contributed by atoms with Crippen molar-refractivity contribution in [3.05, 3.63) is 34.0 Å². The van der Waals surface area contributed by atoms with Crippen LogP contribution in [0.2, 0.25) is 0 Å². The zero-order valence-corrected chi connectivity index (χ0v) is 13.9. The van der Waals surface area contributed by atoms with Gasteiger partial charge in [-0.05, 0) is 19.9 Å². The lowest BCUT2D eigenvalue weighted by Gasteiger charge is -2.39. The van der Waals surface area contributed by atoms with Gasteiger partial charge in [0.05, 0.1) is 24.4 Å². The third kappa shape index (κ3) is 2.70. The number of aliphatic hydroxyl groups is 1. The van der Waals surface area contributed by atoms with E-state index in [-0.39, 0.29) is 18.2 Å². The Morgan fingerprint density at radius 1 is 1.48 bits per heavy atom. The van der Waals surface area contributed by atoms with Gasteiger partial charge < -0.3 is 19.9 Å². The summed E-state index contributed by atoms with van der Waals surface area (Å²) >= 11 is 1.59. The normalized spacial score (nSPS) is 33.3. The topological polar surface area (TPSA) is 81.4 Å². The smallest absolute Gasteiger partial charge is 0.183 e. The maximum atomic E-state index is 10.9. The van der Waals surface area contributed by atoms with E-state index < -0.39 is 12.4 Å². The van der Waals surface area contributed by atoms with Crippen molar-refractivity contribution < 1.29 is 14.6 Å². The van der Waals surface area contributed by atoms with Crippen LogP contribution >= 0.6 is 11.3 Å². The van der Waals surface area contributed by atoms with E-state index in [1.54, 1.807) is 17.5 Å². The third-order valence-electron chi connectivity index (χ3n) is 4.43. The highest BCUT2D eigenvalue weighted by molar-refractivity contribution is 7.09. The van der Waals surface area contributed by atoms with E-state index in [1.807, 2.05) is 30.0 Å². The molecular formula is C15H20N4O3S. The van der Waals surface area contributed by atoms with Crippen LogP contribution in [0.15, 0.2) is 17.6 Å². The Morgan fingerprint density at radius 2 is 2.35 bits per heavy atom. The minimum absolute atomic E-state index is 0.150. The van der Waals surface area contributed by atoms with Crippen molar-refractivity contribution in [3.63, 3.8) is 0 Å². The SMILES string of the molecule is Cc1cc(C)n([C@H]2[C@@H]3OC[C@@H](O3)[C@@H](NCc3nccs3)[C@@H]2O)n1. The molecule has 0 spiro atoms. The first-order valence-electron chi connectivity index (χ1n) is 7.73. The molecule has 0 aromatic carbocycles. The molecule has 2 bridgehead atoms. The number of ether oxygens (including phenoxy) is 2. The Kier molecular flexibility index (Phi) is 3.94. The average Bonchev–Trinajstić information content (AvgIpc) is 3.22. The van der Waals surface area contributed by atoms with Crippen molar-refractivity contribution in [1.29, 1.82) is 0 Å². The van der Waals surface area contributed by atoms with Crippen molar-refractivity contribution in [3.8, 4) is 0 Å². The van der Waals surface area contributed by atoms with Crippen LogP contribution in [-0.4, -0.2) is 51.0 Å². The Bertz CT molecular complexity index is 674. The first-order valence-corrected chi connectivity index (χ1v) is 8.61. The molecule has 8 heteroatoms. The first-order chi connectivity index (χ1) is 11.1. The summed E-state index contributed by atoms with van der Waals surface area (Å²) in [5.41, 5.74) is 1.91. The summed E-state index contributed by atoms with van der Waals surface area (Å²) in [6.07, 6.45) is 0.538. The number of thiazole rings is 1. The zero-order valence-electron chi connectivity index (χ0n) is 13.0. The van der Waals surface area contributed by atoms with Crippen molar-refractivity contribution in [1.82, 2.24) is 20.1 Å². The maximum absolute atomic E-state index is 10.9. The van der Waals surface area contributed by atoms with Crippen LogP contribution < -0.4 is 5.32 Å². The predicted octanol–water partition coefficient (Wildman–Crippen LogP) is 0.772. The van der Waals surface area contributed by atoms with Gasteiger partial charge in [0.25, 0.3) is 0 Å². The fourth-order valence-corrected chi connectivity index (χ4v) is 3.97. The van der Waals surface area contributed by atoms with E-state index in [0.29, 0.717) is 13.2 Å². The van der Waals surface area contributed by atoms with E-state index in [0.717, 1.165) is 16.4 Å². The molecule has 0 radical (unpaired) electrons. The summed E-state index contributed by atoms with van der Waals surface area (Å²) in [6.45, 7) is 5.00. The standard InChI is InChI=1S/C15H20N4O3S/c1-8-5-9(2)19(18-8)13-14(20)12(10-7-21-15(13)22-10)17-6-11-16-3-4-23-11/h3-5,10,12-15,17,20H,6-7H2,1-2H3/t10-,12-,13-,14+,15-/m1/s1. The van der Waals surface area contributed by atoms with Gasteiger partial charge in [0, 0.05) is 23.8 Å². The largest absolute Gasteiger partial charge is 0.389 e. The van der Waals surface area contributed by atoms with E-state index in [9.17, 15) is 5.11 Å². The fourth-order valence-electron chi connectivity index (χ4n) is 3.41. The second-order valence-corrected chi connectivity index (χ2v) is 7.04. The molecule has 7 nitrogen and oxygen atoms in total. The average molecular weight is 336 g/mol. The van der Waals surface area contributed by atoms with Crippen molar-refractivity contribution in [2.24, 2.45) is 0 Å². The van der Waals surface area contributed by atoms with Crippen molar-refractivity contribution in [2.45, 2.75) is 51.0 Å². The van der Waals surface area contributed by atoms with Crippen LogP contribution in [0.3, 0.4) is 0 Å². The third-order valence-corrected chi connectivity index (χ3v) is 5.21. The molecular weight excluding hydrogens is 316 g/mol. The molecule has 4 rings (SSSR count). The van der Waals surface area contributed by atoms with Crippen LogP contribution in [0, 0.1) is 13.8 Å². The number of nitrogens with zero attached hydrogens (tertiary/aromatic N) is 3. The summed E-state index contributed by atoms with van der Waals surface area (Å²) < 4.78 is 13.5. The molecule has 0 amide bonds. The Balaban J connectivity index is 1.57. The number of aromatic nitrogens is 3. The molecule has 4 heterocycles. The summed E-state index contributed by atoms with van der Waals surface area (Å²) in [7, 11) is 0. The van der Waals surface area contributed by atoms with E-state index in [4.69, 9.17) is 9.47 Å². The Hall–Kier alpha value is -1.32. The van der Waals surface area contributed by atoms with Crippen LogP contribution in [0.4, 0.5) is 0 Å². The number of nitrogens with one attached hydrogen (secondary N) is 1. The van der Waals surface area contributed by atoms with Gasteiger partial charge in [-0.25, -0.2) is 4.98 Å². The number of hydrogen-bond donors (Lipinski definition) is 2. The van der Waals surface area contributed by atoms with Crippen molar-refractivity contribution in [2.75, 3.05) is 6.61 Å². The van der Waals surface area contributed by atoms with Gasteiger partial charge in [-0.3, -0.25) is 4.68 Å². The highest BCUT2D eigenvalue weighted by atomic mass is 32.1. The van der Waals surface area contributed by atoms with Gasteiger partial charge in [-0.2, -0.15) is 5.10 Å². The molecule has 2 aromatic heterocycles. The quantitative estimate of drug-likeness (QED) is 0.858. The van der Waals surface area contributed by atoms with E-state index in [1.165, 1.54) is 0 Å². The fraction of sp³-hybridized carbons (Fsp3) is 0.600. The minimum Gasteiger partial charge on any atom is -0.389 e. The summed E-state index contributed by atoms with van der Waals surface area (Å²) in [6, 6.07) is 1.42. The highest BCUT2D eigenvalue weighted by Crippen LogP contribution is 2.36. The van der Waals surface area contributed by atoms with Gasteiger partial charge >= 0.3 is 0 Å². The molecule has 124 valence electrons. The predicted molar refractivity (Wildman–Crippen MR) is 84.1 cm³/mol. The monoisotopic (exact) mass is 336 g/mol. The van der Waals surface area contributed by atoms with Gasteiger partial charge in [0.1, 0.15) is 17.2 Å². The second kappa shape index (κ2) is 5.95. The lowest BCUT2D eigenvalue weighted by Crippen LogP contribution is -2.57. The molecule has 23 heavy (non-hydrogen) atoms. The Labute approximate surface area is 138 Å². The maximum Gasteiger partial charge on any atom is 0.183 e. The molecule has 2 N–H and O–H groups in total. The number of rotatable bonds is 4. The molecule has 2 aliphatic heterocycles. The van der Waals surface area contributed by atoms with Gasteiger partial charge in [0.2, 0.25) is 0 Å². The van der Waals surface area contributed by atoms with Gasteiger partial charge in [0.15, 0.2) is 6.29 Å². The zero-order chi connectivity index (χ0) is 16.0. The molecule has 2 fully saturated rings. The molecule has 2 saturated heterocycles. The Morgan fingerprint density at radius 3 is 3.04 bits per heavy atom. The van der Waals surface area contributed by atoms with Crippen LogP contribution in [0.1, 0.15) is 22.4 Å². The molecule has 2 aliphatic rings. The first kappa shape index (κ1) is 15.2. The molecule has 0 aliphatic carbocycles. The van der Waals surface area contributed by atoms with Crippen LogP contribution in [0.25, 0.3) is 0 Å². The number of hydrogen-bond acceptors (Lipinski definition) is 7. The van der Waals surface area contributed by atoms with Crippen LogP contribution in [0.5, 0.6) is 0 Å². The van der Waals surface area contributed by atoms with Gasteiger partial charge in [-0.1, -0.05) is 0 Å². The molecule has 2 aromatic rings. The number of aryl methyl sites for hydroxylation is 2. The molecule has 0 unspecified atom stereocenters. The second-order valence-electron chi connectivity index (χ2n) is 6.06. The number of fused-ring (bicyclic) bond motifs is 2. The lowest BCUT2D eigenvalue weighted by molar-refractivity contribution is -0.168. The highest BCUT2D eigenvalue weighted by Gasteiger charge is 2.51. The van der Waals surface area contributed by atoms with E-state index >= 15 is 0 Å². The van der Waals surface area contributed by atoms with Crippen molar-refractivity contribution >= 4 is 11.3 Å². The summed E-state index contributed by atoms with van der Waals surface area (Å²) in [5.74, 6) is 0. The summed E-state index contributed by atoms with van der Waals surface area (Å²) in [4.78, 5) is 4.27. The molecule has 0 saturated carbocycles. The number of aliphatic hydroxyl groups excluding tert-OH is 1. The molecule has 5 atom stereocenters. The lowest BCUT2D eigenvalue weighted by atomic mass is 9.96. The van der Waals surface area contributed by atoms with Gasteiger partial charge in [-0.15, -0.1) is 11.3 Å².